The van der Waals surface area contributed by atoms with Gasteiger partial charge in [0.15, 0.2) is 5.11 Å². The van der Waals surface area contributed by atoms with Gasteiger partial charge in [0.05, 0.1) is 11.9 Å². The molecule has 0 unspecified atom stereocenters. The SMILES string of the molecule is Fc1ccc(CCCNC(=S)Nc2ccc(N3CCCc4ccccc43)nc2)cc1. The fourth-order valence-corrected chi connectivity index (χ4v) is 3.93. The lowest BCUT2D eigenvalue weighted by atomic mass is 10.0. The molecule has 1 aromatic heterocycles. The number of nitrogens with zero attached hydrogens (tertiary/aromatic N) is 2. The Kier molecular flexibility index (Phi) is 6.54. The maximum Gasteiger partial charge on any atom is 0.170 e. The Labute approximate surface area is 182 Å². The van der Waals surface area contributed by atoms with Gasteiger partial charge in [-0.25, -0.2) is 9.37 Å². The van der Waals surface area contributed by atoms with E-state index in [1.54, 1.807) is 0 Å². The summed E-state index contributed by atoms with van der Waals surface area (Å²) in [4.78, 5) is 6.92. The molecule has 2 heterocycles. The topological polar surface area (TPSA) is 40.2 Å². The van der Waals surface area contributed by atoms with E-state index in [0.29, 0.717) is 5.11 Å². The normalized spacial score (nSPS) is 12.9. The second-order valence-corrected chi connectivity index (χ2v) is 7.81. The van der Waals surface area contributed by atoms with Crippen LogP contribution in [0.3, 0.4) is 0 Å². The third-order valence-electron chi connectivity index (χ3n) is 5.23. The van der Waals surface area contributed by atoms with E-state index in [4.69, 9.17) is 12.2 Å². The molecule has 0 saturated heterocycles. The molecule has 4 nitrogen and oxygen atoms in total. The smallest absolute Gasteiger partial charge is 0.170 e. The molecule has 0 atom stereocenters. The molecule has 1 aliphatic heterocycles. The Bertz CT molecular complexity index is 989. The van der Waals surface area contributed by atoms with Crippen LogP contribution in [0.15, 0.2) is 66.9 Å². The van der Waals surface area contributed by atoms with Crippen LogP contribution in [0.5, 0.6) is 0 Å². The molecule has 0 bridgehead atoms. The highest BCUT2D eigenvalue weighted by Gasteiger charge is 2.18. The first-order chi connectivity index (χ1) is 14.7. The molecule has 4 rings (SSSR count). The molecule has 0 aliphatic carbocycles. The number of benzene rings is 2. The van der Waals surface area contributed by atoms with Gasteiger partial charge in [0.2, 0.25) is 0 Å². The molecule has 0 spiro atoms. The highest BCUT2D eigenvalue weighted by Crippen LogP contribution is 2.32. The van der Waals surface area contributed by atoms with Gasteiger partial charge in [-0.2, -0.15) is 0 Å². The van der Waals surface area contributed by atoms with Crippen LogP contribution in [0.25, 0.3) is 0 Å². The van der Waals surface area contributed by atoms with Gasteiger partial charge in [-0.1, -0.05) is 30.3 Å². The van der Waals surface area contributed by atoms with Crippen molar-refractivity contribution in [3.05, 3.63) is 83.8 Å². The summed E-state index contributed by atoms with van der Waals surface area (Å²) >= 11 is 5.38. The summed E-state index contributed by atoms with van der Waals surface area (Å²) in [6, 6.07) is 19.2. The Hall–Kier alpha value is -2.99. The Morgan fingerprint density at radius 3 is 2.70 bits per heavy atom. The number of anilines is 3. The van der Waals surface area contributed by atoms with Crippen molar-refractivity contribution >= 4 is 34.5 Å². The number of pyridine rings is 1. The average molecular weight is 421 g/mol. The molecule has 3 aromatic rings. The summed E-state index contributed by atoms with van der Waals surface area (Å²) in [6.07, 6.45) is 5.86. The van der Waals surface area contributed by atoms with Crippen LogP contribution in [0.1, 0.15) is 24.0 Å². The average Bonchev–Trinajstić information content (AvgIpc) is 2.78. The fourth-order valence-electron chi connectivity index (χ4n) is 3.71. The van der Waals surface area contributed by atoms with E-state index in [0.717, 1.165) is 55.8 Å². The van der Waals surface area contributed by atoms with E-state index in [1.807, 2.05) is 30.5 Å². The number of halogens is 1. The van der Waals surface area contributed by atoms with E-state index >= 15 is 0 Å². The van der Waals surface area contributed by atoms with E-state index < -0.39 is 0 Å². The molecular formula is C24H25FN4S. The quantitative estimate of drug-likeness (QED) is 0.422. The fraction of sp³-hybridized carbons (Fsp3) is 0.250. The monoisotopic (exact) mass is 420 g/mol. The van der Waals surface area contributed by atoms with Crippen molar-refractivity contribution in [2.75, 3.05) is 23.3 Å². The lowest BCUT2D eigenvalue weighted by Gasteiger charge is -2.30. The van der Waals surface area contributed by atoms with Crippen molar-refractivity contribution in [1.29, 1.82) is 0 Å². The highest BCUT2D eigenvalue weighted by atomic mass is 32.1. The van der Waals surface area contributed by atoms with E-state index in [-0.39, 0.29) is 5.82 Å². The lowest BCUT2D eigenvalue weighted by Crippen LogP contribution is -2.29. The van der Waals surface area contributed by atoms with Crippen LogP contribution in [0.4, 0.5) is 21.6 Å². The van der Waals surface area contributed by atoms with Gasteiger partial charge in [0.1, 0.15) is 11.6 Å². The maximum absolute atomic E-state index is 12.9. The largest absolute Gasteiger partial charge is 0.362 e. The van der Waals surface area contributed by atoms with Gasteiger partial charge in [0.25, 0.3) is 0 Å². The number of aryl methyl sites for hydroxylation is 2. The molecule has 154 valence electrons. The number of hydrogen-bond acceptors (Lipinski definition) is 3. The van der Waals surface area contributed by atoms with Crippen molar-refractivity contribution in [3.8, 4) is 0 Å². The molecule has 1 aliphatic rings. The highest BCUT2D eigenvalue weighted by molar-refractivity contribution is 7.80. The molecule has 0 saturated carbocycles. The summed E-state index contributed by atoms with van der Waals surface area (Å²) in [5, 5.41) is 6.97. The van der Waals surface area contributed by atoms with E-state index in [1.165, 1.54) is 23.4 Å². The van der Waals surface area contributed by atoms with E-state index in [2.05, 4.69) is 44.8 Å². The first-order valence-corrected chi connectivity index (χ1v) is 10.7. The van der Waals surface area contributed by atoms with Gasteiger partial charge >= 0.3 is 0 Å². The van der Waals surface area contributed by atoms with Crippen molar-refractivity contribution in [1.82, 2.24) is 10.3 Å². The van der Waals surface area contributed by atoms with E-state index in [9.17, 15) is 4.39 Å². The summed E-state index contributed by atoms with van der Waals surface area (Å²) < 4.78 is 12.9. The molecule has 30 heavy (non-hydrogen) atoms. The second-order valence-electron chi connectivity index (χ2n) is 7.40. The number of aromatic nitrogens is 1. The van der Waals surface area contributed by atoms with Crippen LogP contribution in [-0.2, 0) is 12.8 Å². The number of para-hydroxylation sites is 1. The predicted molar refractivity (Wildman–Crippen MR) is 125 cm³/mol. The Balaban J connectivity index is 1.26. The van der Waals surface area contributed by atoms with Crippen LogP contribution in [-0.4, -0.2) is 23.2 Å². The Morgan fingerprint density at radius 2 is 1.90 bits per heavy atom. The zero-order valence-electron chi connectivity index (χ0n) is 16.8. The molecule has 0 amide bonds. The zero-order chi connectivity index (χ0) is 20.8. The molecular weight excluding hydrogens is 395 g/mol. The Morgan fingerprint density at radius 1 is 1.07 bits per heavy atom. The first kappa shape index (κ1) is 20.3. The van der Waals surface area contributed by atoms with Crippen molar-refractivity contribution < 1.29 is 4.39 Å². The first-order valence-electron chi connectivity index (χ1n) is 10.3. The molecule has 2 N–H and O–H groups in total. The predicted octanol–water partition coefficient (Wildman–Crippen LogP) is 5.22. The second kappa shape index (κ2) is 9.67. The molecule has 0 radical (unpaired) electrons. The number of thiocarbonyl (C=S) groups is 1. The maximum atomic E-state index is 12.9. The van der Waals surface area contributed by atoms with Gasteiger partial charge < -0.3 is 15.5 Å². The lowest BCUT2D eigenvalue weighted by molar-refractivity contribution is 0.626. The third-order valence-corrected chi connectivity index (χ3v) is 5.48. The number of nitrogens with one attached hydrogen (secondary N) is 2. The van der Waals surface area contributed by atoms with Crippen molar-refractivity contribution in [3.63, 3.8) is 0 Å². The minimum absolute atomic E-state index is 0.202. The van der Waals surface area contributed by atoms with Crippen LogP contribution in [0, 0.1) is 5.82 Å². The summed E-state index contributed by atoms with van der Waals surface area (Å²) in [5.41, 5.74) is 4.60. The standard InChI is InChI=1S/C24H25FN4S/c25-20-11-9-18(10-12-20)5-3-15-26-24(30)28-21-13-14-23(27-17-21)29-16-4-7-19-6-1-2-8-22(19)29/h1-2,6,8-14,17H,3-5,7,15-16H2,(H2,26,28,30). The summed E-state index contributed by atoms with van der Waals surface area (Å²) in [5.74, 6) is 0.747. The van der Waals surface area contributed by atoms with Crippen LogP contribution < -0.4 is 15.5 Å². The van der Waals surface area contributed by atoms with Gasteiger partial charge in [-0.05, 0) is 79.4 Å². The van der Waals surface area contributed by atoms with Gasteiger partial charge in [-0.15, -0.1) is 0 Å². The van der Waals surface area contributed by atoms with Crippen molar-refractivity contribution in [2.45, 2.75) is 25.7 Å². The zero-order valence-corrected chi connectivity index (χ0v) is 17.6. The number of hydrogen-bond donors (Lipinski definition) is 2. The molecule has 0 fully saturated rings. The number of rotatable bonds is 6. The van der Waals surface area contributed by atoms with Crippen molar-refractivity contribution in [2.24, 2.45) is 0 Å². The summed E-state index contributed by atoms with van der Waals surface area (Å²) in [6.45, 7) is 1.73. The van der Waals surface area contributed by atoms with Gasteiger partial charge in [0, 0.05) is 18.8 Å². The summed E-state index contributed by atoms with van der Waals surface area (Å²) in [7, 11) is 0. The third kappa shape index (κ3) is 5.13. The molecule has 6 heteroatoms. The van der Waals surface area contributed by atoms with Crippen LogP contribution in [0.2, 0.25) is 0 Å². The van der Waals surface area contributed by atoms with Crippen LogP contribution >= 0.6 is 12.2 Å². The molecule has 2 aromatic carbocycles. The van der Waals surface area contributed by atoms with Gasteiger partial charge in [-0.3, -0.25) is 0 Å². The number of fused-ring (bicyclic) bond motifs is 1. The minimum atomic E-state index is -0.202. The minimum Gasteiger partial charge on any atom is -0.362 e.